The van der Waals surface area contributed by atoms with Gasteiger partial charge in [-0.15, -0.1) is 0 Å². The number of aliphatic hydroxyl groups excluding tert-OH is 3. The van der Waals surface area contributed by atoms with Gasteiger partial charge in [0.25, 0.3) is 0 Å². The molecule has 3 atom stereocenters. The van der Waals surface area contributed by atoms with E-state index >= 15 is 0 Å². The van der Waals surface area contributed by atoms with E-state index in [0.29, 0.717) is 0 Å². The molecule has 0 aromatic rings. The third-order valence-electron chi connectivity index (χ3n) is 2.50. The lowest BCUT2D eigenvalue weighted by molar-refractivity contribution is -0.209. The van der Waals surface area contributed by atoms with E-state index in [9.17, 15) is 18.3 Å². The van der Waals surface area contributed by atoms with Gasteiger partial charge in [-0.3, -0.25) is 4.90 Å². The Morgan fingerprint density at radius 3 is 2.47 bits per heavy atom. The average molecular weight is 229 g/mol. The van der Waals surface area contributed by atoms with Crippen molar-refractivity contribution in [2.75, 3.05) is 19.7 Å². The molecule has 3 N–H and O–H groups in total. The van der Waals surface area contributed by atoms with Gasteiger partial charge in [0, 0.05) is 19.1 Å². The second-order valence-corrected chi connectivity index (χ2v) is 3.74. The molecule has 90 valence electrons. The first kappa shape index (κ1) is 12.7. The Balaban J connectivity index is 2.50. The molecule has 0 amide bonds. The van der Waals surface area contributed by atoms with Gasteiger partial charge in [-0.25, -0.2) is 0 Å². The lowest BCUT2D eigenvalue weighted by Crippen LogP contribution is -2.44. The van der Waals surface area contributed by atoms with E-state index in [0.717, 1.165) is 0 Å². The summed E-state index contributed by atoms with van der Waals surface area (Å²) in [7, 11) is 0. The molecule has 1 unspecified atom stereocenters. The number of hydrogen-bond donors (Lipinski definition) is 3. The van der Waals surface area contributed by atoms with Crippen molar-refractivity contribution in [3.05, 3.63) is 0 Å². The predicted octanol–water partition coefficient (Wildman–Crippen LogP) is -0.663. The lowest BCUT2D eigenvalue weighted by atomic mass is 10.2. The molecule has 0 radical (unpaired) electrons. The second-order valence-electron chi connectivity index (χ2n) is 3.74. The van der Waals surface area contributed by atoms with Gasteiger partial charge in [0.15, 0.2) is 6.10 Å². The van der Waals surface area contributed by atoms with Gasteiger partial charge in [0.05, 0.1) is 12.7 Å². The van der Waals surface area contributed by atoms with Gasteiger partial charge in [0.1, 0.15) is 0 Å². The van der Waals surface area contributed by atoms with Gasteiger partial charge < -0.3 is 15.3 Å². The molecule has 0 aromatic heterocycles. The largest absolute Gasteiger partial charge is 0.415 e. The Hall–Kier alpha value is -0.370. The number of aliphatic hydroxyl groups is 3. The molecule has 0 saturated carbocycles. The fourth-order valence-electron chi connectivity index (χ4n) is 1.70. The molecular formula is C8H14F3NO3. The number of hydrogen-bond acceptors (Lipinski definition) is 4. The molecule has 1 heterocycles. The van der Waals surface area contributed by atoms with Crippen molar-refractivity contribution in [1.82, 2.24) is 4.90 Å². The van der Waals surface area contributed by atoms with Crippen molar-refractivity contribution in [1.29, 1.82) is 0 Å². The fraction of sp³-hybridized carbons (Fsp3) is 1.00. The maximum absolute atomic E-state index is 12.0. The first-order valence-corrected chi connectivity index (χ1v) is 4.62. The third-order valence-corrected chi connectivity index (χ3v) is 2.50. The summed E-state index contributed by atoms with van der Waals surface area (Å²) in [6.45, 7) is -0.869. The SMILES string of the molecule is OC[C@@H]1C[C@H](O)CN1CC(O)C(F)(F)F. The van der Waals surface area contributed by atoms with Crippen LogP contribution in [0.25, 0.3) is 0 Å². The monoisotopic (exact) mass is 229 g/mol. The van der Waals surface area contributed by atoms with Crippen LogP contribution >= 0.6 is 0 Å². The normalized spacial score (nSPS) is 30.8. The predicted molar refractivity (Wildman–Crippen MR) is 45.1 cm³/mol. The van der Waals surface area contributed by atoms with Crippen LogP contribution in [0.5, 0.6) is 0 Å². The maximum Gasteiger partial charge on any atom is 0.415 e. The summed E-state index contributed by atoms with van der Waals surface area (Å²) in [5, 5.41) is 26.9. The minimum absolute atomic E-state index is 0.0539. The Labute approximate surface area is 84.9 Å². The molecule has 0 spiro atoms. The highest BCUT2D eigenvalue weighted by Gasteiger charge is 2.42. The van der Waals surface area contributed by atoms with Gasteiger partial charge in [-0.05, 0) is 6.42 Å². The van der Waals surface area contributed by atoms with E-state index in [-0.39, 0.29) is 19.6 Å². The molecule has 1 aliphatic rings. The van der Waals surface area contributed by atoms with Crippen LogP contribution in [0, 0.1) is 0 Å². The second kappa shape index (κ2) is 4.65. The van der Waals surface area contributed by atoms with Crippen molar-refractivity contribution in [2.24, 2.45) is 0 Å². The fourth-order valence-corrected chi connectivity index (χ4v) is 1.70. The molecule has 1 fully saturated rings. The molecule has 15 heavy (non-hydrogen) atoms. The molecule has 0 aliphatic carbocycles. The number of likely N-dealkylation sites (tertiary alicyclic amines) is 1. The molecule has 7 heteroatoms. The van der Waals surface area contributed by atoms with Crippen molar-refractivity contribution >= 4 is 0 Å². The summed E-state index contributed by atoms with van der Waals surface area (Å²) in [6.07, 6.45) is -7.59. The van der Waals surface area contributed by atoms with Crippen molar-refractivity contribution in [3.8, 4) is 0 Å². The Morgan fingerprint density at radius 1 is 1.40 bits per heavy atom. The zero-order chi connectivity index (χ0) is 11.6. The van der Waals surface area contributed by atoms with Gasteiger partial charge in [0.2, 0.25) is 0 Å². The average Bonchev–Trinajstić information content (AvgIpc) is 2.44. The summed E-state index contributed by atoms with van der Waals surface area (Å²) in [5.41, 5.74) is 0. The zero-order valence-corrected chi connectivity index (χ0v) is 7.98. The van der Waals surface area contributed by atoms with Crippen LogP contribution in [0.3, 0.4) is 0 Å². The van der Waals surface area contributed by atoms with Gasteiger partial charge >= 0.3 is 6.18 Å². The Morgan fingerprint density at radius 2 is 2.00 bits per heavy atom. The molecule has 1 aliphatic heterocycles. The van der Waals surface area contributed by atoms with Crippen molar-refractivity contribution < 1.29 is 28.5 Å². The van der Waals surface area contributed by atoms with E-state index < -0.39 is 31.0 Å². The first-order valence-electron chi connectivity index (χ1n) is 4.62. The van der Waals surface area contributed by atoms with E-state index in [2.05, 4.69) is 0 Å². The molecule has 0 aromatic carbocycles. The summed E-state index contributed by atoms with van der Waals surface area (Å²) in [6, 6.07) is -0.503. The van der Waals surface area contributed by atoms with E-state index in [1.54, 1.807) is 0 Å². The van der Waals surface area contributed by atoms with Crippen LogP contribution in [-0.4, -0.2) is 64.3 Å². The zero-order valence-electron chi connectivity index (χ0n) is 7.98. The number of nitrogens with zero attached hydrogens (tertiary/aromatic N) is 1. The molecule has 1 rings (SSSR count). The first-order chi connectivity index (χ1) is 6.84. The minimum Gasteiger partial charge on any atom is -0.395 e. The number of rotatable bonds is 3. The molecule has 1 saturated heterocycles. The van der Waals surface area contributed by atoms with Crippen LogP contribution in [-0.2, 0) is 0 Å². The summed E-state index contributed by atoms with van der Waals surface area (Å²) >= 11 is 0. The highest BCUT2D eigenvalue weighted by molar-refractivity contribution is 4.86. The van der Waals surface area contributed by atoms with Crippen LogP contribution in [0.2, 0.25) is 0 Å². The summed E-state index contributed by atoms with van der Waals surface area (Å²) in [5.74, 6) is 0. The van der Waals surface area contributed by atoms with E-state index in [1.807, 2.05) is 0 Å². The topological polar surface area (TPSA) is 63.9 Å². The minimum atomic E-state index is -4.66. The van der Waals surface area contributed by atoms with Crippen molar-refractivity contribution in [2.45, 2.75) is 30.8 Å². The lowest BCUT2D eigenvalue weighted by Gasteiger charge is -2.26. The Bertz CT molecular complexity index is 212. The number of β-amino-alcohol motifs (C(OH)–C–C–N with tert-alkyl or cyclic N) is 2. The number of halogens is 3. The Kier molecular flexibility index (Phi) is 3.93. The molecular weight excluding hydrogens is 215 g/mol. The highest BCUT2D eigenvalue weighted by Crippen LogP contribution is 2.24. The smallest absolute Gasteiger partial charge is 0.395 e. The van der Waals surface area contributed by atoms with Crippen molar-refractivity contribution in [3.63, 3.8) is 0 Å². The summed E-state index contributed by atoms with van der Waals surface area (Å²) < 4.78 is 36.1. The van der Waals surface area contributed by atoms with E-state index in [1.165, 1.54) is 4.90 Å². The van der Waals surface area contributed by atoms with E-state index in [4.69, 9.17) is 10.2 Å². The van der Waals surface area contributed by atoms with Crippen LogP contribution in [0.4, 0.5) is 13.2 Å². The molecule has 0 bridgehead atoms. The summed E-state index contributed by atoms with van der Waals surface area (Å²) in [4.78, 5) is 1.25. The maximum atomic E-state index is 12.0. The molecule has 4 nitrogen and oxygen atoms in total. The van der Waals surface area contributed by atoms with Gasteiger partial charge in [-0.2, -0.15) is 13.2 Å². The highest BCUT2D eigenvalue weighted by atomic mass is 19.4. The number of alkyl halides is 3. The van der Waals surface area contributed by atoms with Crippen LogP contribution in [0.1, 0.15) is 6.42 Å². The standard InChI is InChI=1S/C8H14F3NO3/c9-8(10,11)7(15)3-12-2-6(14)1-5(12)4-13/h5-7,13-15H,1-4H2/t5-,6-,7?/m0/s1. The van der Waals surface area contributed by atoms with Crippen LogP contribution < -0.4 is 0 Å². The quantitative estimate of drug-likeness (QED) is 0.601. The van der Waals surface area contributed by atoms with Gasteiger partial charge in [-0.1, -0.05) is 0 Å². The third kappa shape index (κ3) is 3.30. The van der Waals surface area contributed by atoms with Crippen LogP contribution in [0.15, 0.2) is 0 Å².